The number of rotatable bonds is 58. The molecule has 0 aliphatic heterocycles. The van der Waals surface area contributed by atoms with Crippen molar-refractivity contribution in [1.29, 1.82) is 0 Å². The van der Waals surface area contributed by atoms with Gasteiger partial charge in [-0.2, -0.15) is 0 Å². The van der Waals surface area contributed by atoms with E-state index >= 15 is 19.2 Å². The Morgan fingerprint density at radius 1 is 0.186 bits per heavy atom. The number of ether oxygens (including phenoxy) is 21. The van der Waals surface area contributed by atoms with Gasteiger partial charge in [0.25, 0.3) is 0 Å². The molecule has 0 saturated carbocycles. The van der Waals surface area contributed by atoms with Gasteiger partial charge in [0.05, 0.1) is 24.0 Å². The smallest absolute Gasteiger partial charge is 0.347 e. The summed E-state index contributed by atoms with van der Waals surface area (Å²) in [4.78, 5) is 266. The topological polar surface area (TPSA) is 697 Å². The highest BCUT2D eigenvalue weighted by molar-refractivity contribution is 5.88. The maximum absolute atomic E-state index is 15.0. The minimum Gasteiger partial charge on any atom is -0.464 e. The van der Waals surface area contributed by atoms with Gasteiger partial charge < -0.3 is 140 Å². The Morgan fingerprint density at radius 3 is 0.403 bits per heavy atom. The zero-order chi connectivity index (χ0) is 99.9. The molecule has 0 saturated heterocycles. The van der Waals surface area contributed by atoms with E-state index in [0.29, 0.717) is 0 Å². The number of carbonyl (C=O) groups is 20. The summed E-state index contributed by atoms with van der Waals surface area (Å²) in [7, 11) is 0. The van der Waals surface area contributed by atoms with E-state index in [1.54, 1.807) is 0 Å². The lowest BCUT2D eigenvalue weighted by molar-refractivity contribution is -0.189. The Morgan fingerprint density at radius 2 is 0.302 bits per heavy atom. The molecule has 16 unspecified atom stereocenters. The van der Waals surface area contributed by atoms with Crippen molar-refractivity contribution in [3.63, 3.8) is 0 Å². The summed E-state index contributed by atoms with van der Waals surface area (Å²) in [5.74, 6) is -27.8. The Labute approximate surface area is 741 Å². The maximum atomic E-state index is 15.0. The number of aliphatic hydroxyl groups excluding tert-OH is 8. The average Bonchev–Trinajstić information content (AvgIpc) is 0.827. The van der Waals surface area contributed by atoms with Crippen molar-refractivity contribution in [1.82, 2.24) is 0 Å². The molecule has 129 heavy (non-hydrogen) atoms. The minimum absolute atomic E-state index is 0.457. The van der Waals surface area contributed by atoms with E-state index in [-0.39, 0.29) is 0 Å². The molecule has 0 aromatic carbocycles. The van der Waals surface area contributed by atoms with Gasteiger partial charge in [-0.25, -0.2) is 76.7 Å². The summed E-state index contributed by atoms with van der Waals surface area (Å²) in [6, 6.07) is 0. The quantitative estimate of drug-likeness (QED) is 0.0220. The largest absolute Gasteiger partial charge is 0.464 e. The summed E-state index contributed by atoms with van der Waals surface area (Å²) in [6.45, 7) is 6.61. The molecule has 0 aromatic rings. The molecule has 0 aromatic heterocycles. The third-order valence-corrected chi connectivity index (χ3v) is 18.3. The number of carbonyl (C=O) groups excluding carboxylic acids is 20. The molecular weight excluding hydrogens is 1740 g/mol. The standard InChI is InChI=1S/C80H122O49/c1-23-79(35-118-71(105)75(19,25-110-63(97)47(11)122-55(89)39(3)81)26-111-64(98)48(12)123-56(90)40(4)82,36-119-72(106)76(20,27-112-65(99)49(13)124-57(91)41(5)83)28-113-66(100)50(14)125-58(92)42(6)84)33-109-34-80(24-2,37-120-73(107)77(21,29-114-67(101)51(15)126-59(93)43(7)85)30-115-68(102)52(16)127-60(94)44(8)86)38-121-74(108)78(22,31-116-69(103)53(17)128-61(95)45(9)87)32-117-70(104)54(18)129-62(96)46(10)88/h39-54,81-88H,23-38H2,1-22H3. The van der Waals surface area contributed by atoms with Crippen molar-refractivity contribution in [2.45, 2.75) is 263 Å². The molecule has 0 amide bonds. The summed E-state index contributed by atoms with van der Waals surface area (Å²) in [5.41, 5.74) is -14.1. The molecule has 8 N–H and O–H groups in total. The van der Waals surface area contributed by atoms with Gasteiger partial charge >= 0.3 is 119 Å². The Hall–Kier alpha value is -11.0. The SMILES string of the molecule is CCC(COCC(CC)(COC(=O)C(C)(COC(=O)C(C)OC(=O)C(C)O)COC(=O)C(C)OC(=O)C(C)O)COC(=O)C(C)(COC(=O)C(C)OC(=O)C(C)O)COC(=O)C(C)OC(=O)C(C)O)(COC(=O)C(C)(COC(=O)C(C)OC(=O)C(C)O)COC(=O)C(C)OC(=O)C(C)O)COC(=O)C(C)(COC(=O)C(C)OC(=O)C(C)O)COC(=O)C(C)OC(=O)C(C)O. The lowest BCUT2D eigenvalue weighted by Gasteiger charge is -2.38. The fourth-order valence-electron chi connectivity index (χ4n) is 8.90. The van der Waals surface area contributed by atoms with Crippen LogP contribution in [0.5, 0.6) is 0 Å². The van der Waals surface area contributed by atoms with Gasteiger partial charge in [-0.3, -0.25) is 19.2 Å². The first kappa shape index (κ1) is 118. The number of esters is 20. The summed E-state index contributed by atoms with van der Waals surface area (Å²) in [5, 5.41) is 78.3. The monoisotopic (exact) mass is 1870 g/mol. The highest BCUT2D eigenvalue weighted by Crippen LogP contribution is 2.35. The van der Waals surface area contributed by atoms with Crippen LogP contribution in [-0.2, 0) is 195 Å². The third kappa shape index (κ3) is 40.7. The fourth-order valence-corrected chi connectivity index (χ4v) is 8.90. The lowest BCUT2D eigenvalue weighted by Crippen LogP contribution is -2.48. The second-order valence-corrected chi connectivity index (χ2v) is 31.6. The van der Waals surface area contributed by atoms with E-state index in [9.17, 15) is 118 Å². The summed E-state index contributed by atoms with van der Waals surface area (Å²) < 4.78 is 112. The Bertz CT molecular complexity index is 3190. The molecule has 0 radical (unpaired) electrons. The van der Waals surface area contributed by atoms with Crippen LogP contribution < -0.4 is 0 Å². The predicted molar refractivity (Wildman–Crippen MR) is 418 cm³/mol. The molecule has 49 nitrogen and oxygen atoms in total. The molecule has 16 atom stereocenters. The number of hydrogen-bond acceptors (Lipinski definition) is 49. The minimum atomic E-state index is -2.46. The van der Waals surface area contributed by atoms with Crippen molar-refractivity contribution >= 4 is 119 Å². The molecule has 0 aliphatic carbocycles. The van der Waals surface area contributed by atoms with Crippen LogP contribution >= 0.6 is 0 Å². The Kier molecular flexibility index (Phi) is 49.9. The van der Waals surface area contributed by atoms with Crippen molar-refractivity contribution in [2.24, 2.45) is 32.5 Å². The second kappa shape index (κ2) is 54.5. The van der Waals surface area contributed by atoms with Crippen molar-refractivity contribution in [3.8, 4) is 0 Å². The molecule has 0 heterocycles. The van der Waals surface area contributed by atoms with E-state index in [0.717, 1.165) is 138 Å². The van der Waals surface area contributed by atoms with Crippen LogP contribution in [0.25, 0.3) is 0 Å². The van der Waals surface area contributed by atoms with Crippen LogP contribution in [0, 0.1) is 32.5 Å². The molecule has 0 spiro atoms. The van der Waals surface area contributed by atoms with Gasteiger partial charge in [0, 0.05) is 0 Å². The van der Waals surface area contributed by atoms with Gasteiger partial charge in [-0.05, 0) is 151 Å². The van der Waals surface area contributed by atoms with Crippen LogP contribution in [0.15, 0.2) is 0 Å². The second-order valence-electron chi connectivity index (χ2n) is 31.6. The zero-order valence-corrected chi connectivity index (χ0v) is 75.9. The molecule has 0 rings (SSSR count). The van der Waals surface area contributed by atoms with Crippen molar-refractivity contribution < 1.29 is 236 Å². The third-order valence-electron chi connectivity index (χ3n) is 18.3. The molecule has 0 aliphatic rings. The summed E-state index contributed by atoms with van der Waals surface area (Å²) >= 11 is 0. The normalized spacial score (nSPS) is 17.8. The van der Waals surface area contributed by atoms with Gasteiger partial charge in [0.1, 0.15) is 150 Å². The van der Waals surface area contributed by atoms with E-state index in [4.69, 9.17) is 99.5 Å². The van der Waals surface area contributed by atoms with Gasteiger partial charge in [-0.15, -0.1) is 0 Å². The number of hydrogen-bond donors (Lipinski definition) is 8. The van der Waals surface area contributed by atoms with Gasteiger partial charge in [0.2, 0.25) is 0 Å². The van der Waals surface area contributed by atoms with Crippen LogP contribution in [0.4, 0.5) is 0 Å². The predicted octanol–water partition coefficient (Wildman–Crippen LogP) is -3.16. The van der Waals surface area contributed by atoms with Crippen LogP contribution in [-0.4, -0.2) is 350 Å². The van der Waals surface area contributed by atoms with E-state index < -0.39 is 355 Å². The number of aliphatic hydroxyl groups is 8. The van der Waals surface area contributed by atoms with Crippen LogP contribution in [0.3, 0.4) is 0 Å². The summed E-state index contributed by atoms with van der Waals surface area (Å²) in [6.07, 6.45) is -29.7. The molecular formula is C80H122O49. The molecule has 49 heteroatoms. The fraction of sp³-hybridized carbons (Fsp3) is 0.750. The van der Waals surface area contributed by atoms with Crippen molar-refractivity contribution in [3.05, 3.63) is 0 Å². The first-order valence-corrected chi connectivity index (χ1v) is 40.1. The van der Waals surface area contributed by atoms with Gasteiger partial charge in [0.15, 0.2) is 48.8 Å². The van der Waals surface area contributed by atoms with E-state index in [1.165, 1.54) is 13.8 Å². The molecule has 0 bridgehead atoms. The van der Waals surface area contributed by atoms with Crippen LogP contribution in [0.1, 0.15) is 165 Å². The first-order chi connectivity index (χ1) is 59.4. The highest BCUT2D eigenvalue weighted by atomic mass is 16.7. The van der Waals surface area contributed by atoms with E-state index in [2.05, 4.69) is 0 Å². The molecule has 0 fully saturated rings. The lowest BCUT2D eigenvalue weighted by atomic mass is 9.85. The Balaban J connectivity index is 9.36. The molecule has 736 valence electrons. The van der Waals surface area contributed by atoms with Gasteiger partial charge in [-0.1, -0.05) is 13.8 Å². The zero-order valence-electron chi connectivity index (χ0n) is 75.9. The van der Waals surface area contributed by atoms with Crippen LogP contribution in [0.2, 0.25) is 0 Å². The highest BCUT2D eigenvalue weighted by Gasteiger charge is 2.49. The van der Waals surface area contributed by atoms with E-state index in [1.807, 2.05) is 0 Å². The average molecular weight is 1870 g/mol. The van der Waals surface area contributed by atoms with Crippen molar-refractivity contribution in [2.75, 3.05) is 92.5 Å². The maximum Gasteiger partial charge on any atom is 0.347 e. The first-order valence-electron chi connectivity index (χ1n) is 40.1.